The van der Waals surface area contributed by atoms with Gasteiger partial charge in [-0.1, -0.05) is 12.1 Å². The fourth-order valence-corrected chi connectivity index (χ4v) is 3.65. The number of hydrogen-bond donors (Lipinski definition) is 0. The number of halogens is 3. The summed E-state index contributed by atoms with van der Waals surface area (Å²) in [6, 6.07) is 8.51. The number of hydrogen-bond acceptors (Lipinski definition) is 4. The number of amides is 1. The second-order valence-electron chi connectivity index (χ2n) is 7.24. The highest BCUT2D eigenvalue weighted by molar-refractivity contribution is 5.94. The lowest BCUT2D eigenvalue weighted by molar-refractivity contribution is -0.137. The van der Waals surface area contributed by atoms with Crippen molar-refractivity contribution in [2.45, 2.75) is 24.9 Å². The SMILES string of the molecule is O=C(c1cccnc1)N1CCC[C@@H](c2cncc(-c3cccc(C(F)(F)F)c3)n2)C1. The van der Waals surface area contributed by atoms with Gasteiger partial charge in [0.05, 0.1) is 28.7 Å². The topological polar surface area (TPSA) is 59.0 Å². The van der Waals surface area contributed by atoms with Crippen LogP contribution in [0.1, 0.15) is 40.4 Å². The number of alkyl halides is 3. The van der Waals surface area contributed by atoms with E-state index in [1.807, 2.05) is 0 Å². The number of nitrogens with zero attached hydrogens (tertiary/aromatic N) is 4. The number of rotatable bonds is 3. The fraction of sp³-hybridized carbons (Fsp3) is 0.273. The van der Waals surface area contributed by atoms with Crippen molar-refractivity contribution in [2.75, 3.05) is 13.1 Å². The molecule has 1 saturated heterocycles. The van der Waals surface area contributed by atoms with Gasteiger partial charge in [-0.2, -0.15) is 13.2 Å². The number of carbonyl (C=O) groups excluding carboxylic acids is 1. The minimum absolute atomic E-state index is 0.0300. The lowest BCUT2D eigenvalue weighted by Gasteiger charge is -2.32. The highest BCUT2D eigenvalue weighted by Crippen LogP contribution is 2.32. The van der Waals surface area contributed by atoms with Crippen LogP contribution in [0, 0.1) is 0 Å². The predicted molar refractivity (Wildman–Crippen MR) is 105 cm³/mol. The van der Waals surface area contributed by atoms with E-state index in [-0.39, 0.29) is 11.8 Å². The fourth-order valence-electron chi connectivity index (χ4n) is 3.65. The van der Waals surface area contributed by atoms with Crippen LogP contribution in [0.4, 0.5) is 13.2 Å². The Morgan fingerprint density at radius 1 is 1.07 bits per heavy atom. The van der Waals surface area contributed by atoms with Crippen LogP contribution < -0.4 is 0 Å². The molecule has 2 aromatic heterocycles. The molecule has 154 valence electrons. The Kier molecular flexibility index (Phi) is 5.48. The largest absolute Gasteiger partial charge is 0.416 e. The number of benzene rings is 1. The second-order valence-corrected chi connectivity index (χ2v) is 7.24. The second kappa shape index (κ2) is 8.22. The molecule has 3 heterocycles. The van der Waals surface area contributed by atoms with Crippen molar-refractivity contribution in [1.29, 1.82) is 0 Å². The Hall–Kier alpha value is -3.29. The van der Waals surface area contributed by atoms with Gasteiger partial charge in [-0.25, -0.2) is 4.98 Å². The Balaban J connectivity index is 1.56. The predicted octanol–water partition coefficient (Wildman–Crippen LogP) is 4.58. The molecule has 8 heteroatoms. The molecule has 5 nitrogen and oxygen atoms in total. The summed E-state index contributed by atoms with van der Waals surface area (Å²) in [5.41, 5.74) is 1.22. The molecule has 0 spiro atoms. The molecule has 0 aliphatic carbocycles. The van der Waals surface area contributed by atoms with Crippen LogP contribution in [0.5, 0.6) is 0 Å². The van der Waals surface area contributed by atoms with Gasteiger partial charge in [0, 0.05) is 43.2 Å². The van der Waals surface area contributed by atoms with Crippen LogP contribution in [0.2, 0.25) is 0 Å². The molecule has 3 aromatic rings. The maximum absolute atomic E-state index is 13.0. The average Bonchev–Trinajstić information content (AvgIpc) is 2.79. The van der Waals surface area contributed by atoms with Crippen molar-refractivity contribution in [3.63, 3.8) is 0 Å². The van der Waals surface area contributed by atoms with Crippen molar-refractivity contribution >= 4 is 5.91 Å². The molecule has 1 aliphatic rings. The molecule has 4 rings (SSSR count). The van der Waals surface area contributed by atoms with Crippen LogP contribution >= 0.6 is 0 Å². The zero-order valence-electron chi connectivity index (χ0n) is 16.0. The molecule has 0 radical (unpaired) electrons. The quantitative estimate of drug-likeness (QED) is 0.632. The summed E-state index contributed by atoms with van der Waals surface area (Å²) in [5.74, 6) is -0.118. The minimum atomic E-state index is -4.42. The average molecular weight is 412 g/mol. The van der Waals surface area contributed by atoms with Crippen molar-refractivity contribution in [3.8, 4) is 11.3 Å². The van der Waals surface area contributed by atoms with E-state index in [4.69, 9.17) is 0 Å². The summed E-state index contributed by atoms with van der Waals surface area (Å²) in [7, 11) is 0. The Morgan fingerprint density at radius 3 is 2.70 bits per heavy atom. The van der Waals surface area contributed by atoms with Gasteiger partial charge < -0.3 is 4.90 Å². The first-order valence-corrected chi connectivity index (χ1v) is 9.61. The van der Waals surface area contributed by atoms with E-state index >= 15 is 0 Å². The first kappa shape index (κ1) is 20.0. The summed E-state index contributed by atoms with van der Waals surface area (Å²) in [6.07, 6.45) is 3.46. The highest BCUT2D eigenvalue weighted by Gasteiger charge is 2.31. The van der Waals surface area contributed by atoms with E-state index < -0.39 is 11.7 Å². The van der Waals surface area contributed by atoms with Crippen molar-refractivity contribution in [1.82, 2.24) is 19.9 Å². The minimum Gasteiger partial charge on any atom is -0.338 e. The number of carbonyl (C=O) groups is 1. The van der Waals surface area contributed by atoms with E-state index in [2.05, 4.69) is 15.0 Å². The number of piperidine rings is 1. The van der Waals surface area contributed by atoms with Crippen molar-refractivity contribution < 1.29 is 18.0 Å². The molecule has 1 amide bonds. The summed E-state index contributed by atoms with van der Waals surface area (Å²) < 4.78 is 39.1. The number of likely N-dealkylation sites (tertiary alicyclic amines) is 1. The van der Waals surface area contributed by atoms with Crippen LogP contribution in [-0.4, -0.2) is 38.8 Å². The van der Waals surface area contributed by atoms with E-state index in [9.17, 15) is 18.0 Å². The summed E-state index contributed by atoms with van der Waals surface area (Å²) in [4.78, 5) is 27.3. The van der Waals surface area contributed by atoms with Gasteiger partial charge in [0.15, 0.2) is 0 Å². The molecular weight excluding hydrogens is 393 g/mol. The van der Waals surface area contributed by atoms with E-state index in [0.29, 0.717) is 35.6 Å². The maximum Gasteiger partial charge on any atom is 0.416 e. The molecule has 0 bridgehead atoms. The Labute approximate surface area is 171 Å². The number of aromatic nitrogens is 3. The van der Waals surface area contributed by atoms with E-state index in [0.717, 1.165) is 25.0 Å². The molecule has 0 saturated carbocycles. The normalized spacial score (nSPS) is 17.0. The molecule has 1 aliphatic heterocycles. The third-order valence-electron chi connectivity index (χ3n) is 5.17. The maximum atomic E-state index is 13.0. The Morgan fingerprint density at radius 2 is 1.93 bits per heavy atom. The van der Waals surface area contributed by atoms with Gasteiger partial charge in [-0.05, 0) is 37.1 Å². The van der Waals surface area contributed by atoms with Crippen LogP contribution in [0.25, 0.3) is 11.3 Å². The summed E-state index contributed by atoms with van der Waals surface area (Å²) >= 11 is 0. The monoisotopic (exact) mass is 412 g/mol. The lowest BCUT2D eigenvalue weighted by Crippen LogP contribution is -2.39. The van der Waals surface area contributed by atoms with Gasteiger partial charge in [0.2, 0.25) is 0 Å². The molecule has 30 heavy (non-hydrogen) atoms. The van der Waals surface area contributed by atoms with Crippen molar-refractivity contribution in [3.05, 3.63) is 78.0 Å². The van der Waals surface area contributed by atoms with Gasteiger partial charge in [-0.3, -0.25) is 14.8 Å². The van der Waals surface area contributed by atoms with E-state index in [1.165, 1.54) is 12.3 Å². The first-order chi connectivity index (χ1) is 14.4. The van der Waals surface area contributed by atoms with Gasteiger partial charge >= 0.3 is 6.18 Å². The molecule has 1 fully saturated rings. The van der Waals surface area contributed by atoms with E-state index in [1.54, 1.807) is 41.7 Å². The number of pyridine rings is 1. The standard InChI is InChI=1S/C22H19F3N4O/c23-22(24,25)18-7-1-4-15(10-18)19-12-27-13-20(28-19)17-6-3-9-29(14-17)21(30)16-5-2-8-26-11-16/h1-2,4-5,7-8,10-13,17H,3,6,9,14H2/t17-/m1/s1. The van der Waals surface area contributed by atoms with Gasteiger partial charge in [0.1, 0.15) is 0 Å². The van der Waals surface area contributed by atoms with Gasteiger partial charge in [0.25, 0.3) is 5.91 Å². The highest BCUT2D eigenvalue weighted by atomic mass is 19.4. The third-order valence-corrected chi connectivity index (χ3v) is 5.17. The van der Waals surface area contributed by atoms with Crippen molar-refractivity contribution in [2.24, 2.45) is 0 Å². The third kappa shape index (κ3) is 4.32. The van der Waals surface area contributed by atoms with Crippen LogP contribution in [0.3, 0.4) is 0 Å². The molecule has 0 N–H and O–H groups in total. The van der Waals surface area contributed by atoms with Crippen LogP contribution in [0.15, 0.2) is 61.2 Å². The van der Waals surface area contributed by atoms with Gasteiger partial charge in [-0.15, -0.1) is 0 Å². The van der Waals surface area contributed by atoms with Crippen LogP contribution in [-0.2, 0) is 6.18 Å². The molecular formula is C22H19F3N4O. The Bertz CT molecular complexity index is 1040. The lowest BCUT2D eigenvalue weighted by atomic mass is 9.94. The zero-order valence-corrected chi connectivity index (χ0v) is 16.0. The summed E-state index contributed by atoms with van der Waals surface area (Å²) in [5, 5.41) is 0. The smallest absolute Gasteiger partial charge is 0.338 e. The molecule has 0 unspecified atom stereocenters. The summed E-state index contributed by atoms with van der Waals surface area (Å²) in [6.45, 7) is 1.12. The molecule has 1 atom stereocenters. The molecule has 1 aromatic carbocycles. The first-order valence-electron chi connectivity index (χ1n) is 9.61. The zero-order chi connectivity index (χ0) is 21.1.